The van der Waals surface area contributed by atoms with Gasteiger partial charge in [0.1, 0.15) is 22.1 Å². The number of H-pyrrole nitrogens is 1. The summed E-state index contributed by atoms with van der Waals surface area (Å²) < 4.78 is 5.18. The molecule has 11 nitrogen and oxygen atoms in total. The first-order valence-corrected chi connectivity index (χ1v) is 23.7. The summed E-state index contributed by atoms with van der Waals surface area (Å²) in [6, 6.07) is 37.4. The molecule has 0 unspecified atom stereocenters. The number of nitrogens with zero attached hydrogens (tertiary/aromatic N) is 5. The van der Waals surface area contributed by atoms with E-state index in [1.165, 1.54) is 17.5 Å². The van der Waals surface area contributed by atoms with Crippen molar-refractivity contribution in [2.45, 2.75) is 73.9 Å². The fourth-order valence-corrected chi connectivity index (χ4v) is 8.36. The third-order valence-electron chi connectivity index (χ3n) is 10.6. The van der Waals surface area contributed by atoms with Gasteiger partial charge in [-0.15, -0.1) is 23.5 Å². The average molecular weight is 927 g/mol. The number of ether oxygens (including phenoxy) is 1. The van der Waals surface area contributed by atoms with Crippen LogP contribution in [0.2, 0.25) is 0 Å². The molecule has 2 amide bonds. The molecule has 0 aliphatic heterocycles. The molecule has 8 aromatic rings. The molecule has 67 heavy (non-hydrogen) atoms. The summed E-state index contributed by atoms with van der Waals surface area (Å²) in [5, 5.41) is 15.6. The lowest BCUT2D eigenvalue weighted by Gasteiger charge is -2.26. The number of amides is 2. The molecule has 340 valence electrons. The molecular formula is C54H54N8O3S2. The minimum absolute atomic E-state index is 0.0146. The van der Waals surface area contributed by atoms with Crippen molar-refractivity contribution in [3.63, 3.8) is 0 Å². The molecule has 13 heteroatoms. The molecule has 5 aromatic carbocycles. The zero-order chi connectivity index (χ0) is 47.4. The van der Waals surface area contributed by atoms with E-state index in [4.69, 9.17) is 4.74 Å². The molecule has 0 spiro atoms. The highest BCUT2D eigenvalue weighted by molar-refractivity contribution is 7.98. The van der Waals surface area contributed by atoms with Crippen molar-refractivity contribution >= 4 is 69.9 Å². The monoisotopic (exact) mass is 926 g/mol. The fraction of sp³-hybridized carbons (Fsp3) is 0.204. The van der Waals surface area contributed by atoms with Crippen LogP contribution in [0.25, 0.3) is 23.2 Å². The molecule has 0 bridgehead atoms. The maximum Gasteiger partial charge on any atom is 0.255 e. The topological polar surface area (TPSA) is 148 Å². The maximum absolute atomic E-state index is 13.2. The molecule has 0 aliphatic carbocycles. The van der Waals surface area contributed by atoms with Crippen LogP contribution in [0.1, 0.15) is 95.6 Å². The van der Waals surface area contributed by atoms with Gasteiger partial charge in [0.15, 0.2) is 5.65 Å². The van der Waals surface area contributed by atoms with Crippen molar-refractivity contribution in [1.82, 2.24) is 30.1 Å². The molecule has 0 aliphatic rings. The summed E-state index contributed by atoms with van der Waals surface area (Å²) >= 11 is 3.18. The molecule has 0 saturated heterocycles. The molecule has 0 saturated carbocycles. The second kappa shape index (κ2) is 21.9. The Morgan fingerprint density at radius 3 is 1.79 bits per heavy atom. The molecule has 3 aromatic heterocycles. The standard InChI is InChI=1S/C27H31N5OS.C27H23N3O2S/c1-26(2,3)19-11-20(27(4,5)6)13-21(12-19)31-24(33)18-9-7-8-17(10-18)15-34-25-22-14-30-32-23(22)28-16-29-25;1-32-25-13-9-21(10-14-25)6-5-20-7-11-24(12-8-20)30-27(31)23-4-2-3-22(17-23)19-33-26-18-28-15-16-29-26/h7-14,16H,15H2,1-6H3,(H,31,33)(H,28,29,30,32);2-18H,19H2,1H3,(H,30,31)/b;6-5+. The first-order chi connectivity index (χ1) is 32.2. The van der Waals surface area contributed by atoms with Crippen LogP contribution in [-0.2, 0) is 22.3 Å². The summed E-state index contributed by atoms with van der Waals surface area (Å²) in [6.07, 6.45) is 12.4. The van der Waals surface area contributed by atoms with E-state index in [0.29, 0.717) is 16.9 Å². The Morgan fingerprint density at radius 1 is 0.642 bits per heavy atom. The van der Waals surface area contributed by atoms with Gasteiger partial charge in [0, 0.05) is 46.4 Å². The first-order valence-electron chi connectivity index (χ1n) is 21.7. The van der Waals surface area contributed by atoms with Gasteiger partial charge in [-0.2, -0.15) is 5.10 Å². The maximum atomic E-state index is 13.2. The first kappa shape index (κ1) is 47.9. The van der Waals surface area contributed by atoms with Crippen LogP contribution >= 0.6 is 23.5 Å². The van der Waals surface area contributed by atoms with Crippen LogP contribution in [0.3, 0.4) is 0 Å². The number of hydrogen-bond acceptors (Lipinski definition) is 10. The molecule has 3 heterocycles. The Hall–Kier alpha value is -7.09. The summed E-state index contributed by atoms with van der Waals surface area (Å²) in [7, 11) is 1.66. The van der Waals surface area contributed by atoms with Crippen molar-refractivity contribution in [3.05, 3.63) is 191 Å². The summed E-state index contributed by atoms with van der Waals surface area (Å²) in [5.41, 5.74) is 10.2. The number of methoxy groups -OCH3 is 1. The normalized spacial score (nSPS) is 11.5. The van der Waals surface area contributed by atoms with Gasteiger partial charge in [-0.1, -0.05) is 108 Å². The number of aromatic nitrogens is 6. The highest BCUT2D eigenvalue weighted by Gasteiger charge is 2.21. The van der Waals surface area contributed by atoms with Gasteiger partial charge in [0.25, 0.3) is 11.8 Å². The second-order valence-corrected chi connectivity index (χ2v) is 19.7. The lowest BCUT2D eigenvalue weighted by Crippen LogP contribution is -2.19. The van der Waals surface area contributed by atoms with Crippen LogP contribution in [-0.4, -0.2) is 49.1 Å². The number of aromatic amines is 1. The highest BCUT2D eigenvalue weighted by atomic mass is 32.2. The number of rotatable bonds is 13. The van der Waals surface area contributed by atoms with Crippen molar-refractivity contribution in [3.8, 4) is 5.75 Å². The number of fused-ring (bicyclic) bond motifs is 1. The van der Waals surface area contributed by atoms with E-state index in [-0.39, 0.29) is 22.6 Å². The van der Waals surface area contributed by atoms with Gasteiger partial charge in [-0.25, -0.2) is 15.0 Å². The number of hydrogen-bond donors (Lipinski definition) is 3. The van der Waals surface area contributed by atoms with Gasteiger partial charge < -0.3 is 15.4 Å². The quantitative estimate of drug-likeness (QED) is 0.0580. The van der Waals surface area contributed by atoms with Crippen LogP contribution in [0.15, 0.2) is 156 Å². The molecule has 8 rings (SSSR count). The predicted molar refractivity (Wildman–Crippen MR) is 274 cm³/mol. The van der Waals surface area contributed by atoms with Crippen LogP contribution in [0, 0.1) is 0 Å². The van der Waals surface area contributed by atoms with Crippen LogP contribution in [0.4, 0.5) is 11.4 Å². The number of benzene rings is 5. The van der Waals surface area contributed by atoms with Crippen LogP contribution < -0.4 is 15.4 Å². The largest absolute Gasteiger partial charge is 0.497 e. The minimum Gasteiger partial charge on any atom is -0.497 e. The lowest BCUT2D eigenvalue weighted by molar-refractivity contribution is 0.101. The minimum atomic E-state index is -0.136. The molecule has 0 radical (unpaired) electrons. The van der Waals surface area contributed by atoms with E-state index in [0.717, 1.165) is 66.2 Å². The van der Waals surface area contributed by atoms with E-state index >= 15 is 0 Å². The van der Waals surface area contributed by atoms with Gasteiger partial charge in [-0.3, -0.25) is 19.7 Å². The smallest absolute Gasteiger partial charge is 0.255 e. The molecule has 3 N–H and O–H groups in total. The summed E-state index contributed by atoms with van der Waals surface area (Å²) in [4.78, 5) is 42.8. The SMILES string of the molecule is CC(C)(C)c1cc(NC(=O)c2cccc(CSc3ncnc4[nH]ncc34)c2)cc(C(C)(C)C)c1.COc1ccc(/C=C/c2ccc(NC(=O)c3cccc(CSc4cnccn4)c3)cc2)cc1. The van der Waals surface area contributed by atoms with E-state index in [1.807, 2.05) is 109 Å². The van der Waals surface area contributed by atoms with Crippen molar-refractivity contribution in [2.24, 2.45) is 0 Å². The lowest BCUT2D eigenvalue weighted by atomic mass is 9.80. The second-order valence-electron chi connectivity index (χ2n) is 17.8. The van der Waals surface area contributed by atoms with E-state index in [9.17, 15) is 9.59 Å². The average Bonchev–Trinajstić information content (AvgIpc) is 3.83. The van der Waals surface area contributed by atoms with Crippen LogP contribution in [0.5, 0.6) is 5.75 Å². The third kappa shape index (κ3) is 13.7. The Bertz CT molecular complexity index is 2930. The number of carbonyl (C=O) groups excluding carboxylic acids is 2. The summed E-state index contributed by atoms with van der Waals surface area (Å²) in [5.74, 6) is 1.99. The van der Waals surface area contributed by atoms with Crippen molar-refractivity contribution in [2.75, 3.05) is 17.7 Å². The van der Waals surface area contributed by atoms with Gasteiger partial charge in [-0.05, 0) is 105 Å². The Labute approximate surface area is 400 Å². The van der Waals surface area contributed by atoms with Gasteiger partial charge in [0.05, 0.1) is 24.9 Å². The van der Waals surface area contributed by atoms with E-state index in [1.54, 1.807) is 55.4 Å². The Kier molecular flexibility index (Phi) is 15.7. The zero-order valence-electron chi connectivity index (χ0n) is 38.7. The van der Waals surface area contributed by atoms with Gasteiger partial charge >= 0.3 is 0 Å². The van der Waals surface area contributed by atoms with Crippen molar-refractivity contribution < 1.29 is 14.3 Å². The summed E-state index contributed by atoms with van der Waals surface area (Å²) in [6.45, 7) is 13.1. The fourth-order valence-electron chi connectivity index (χ4n) is 6.69. The predicted octanol–water partition coefficient (Wildman–Crippen LogP) is 12.7. The molecular weight excluding hydrogens is 873 g/mol. The van der Waals surface area contributed by atoms with Crippen molar-refractivity contribution in [1.29, 1.82) is 0 Å². The number of anilines is 2. The third-order valence-corrected chi connectivity index (χ3v) is 12.6. The van der Waals surface area contributed by atoms with Gasteiger partial charge in [0.2, 0.25) is 0 Å². The Morgan fingerprint density at radius 2 is 1.22 bits per heavy atom. The molecule has 0 fully saturated rings. The highest BCUT2D eigenvalue weighted by Crippen LogP contribution is 2.33. The number of carbonyl (C=O) groups is 2. The number of nitrogens with one attached hydrogen (secondary N) is 3. The zero-order valence-corrected chi connectivity index (χ0v) is 40.3. The van der Waals surface area contributed by atoms with E-state index < -0.39 is 0 Å². The Balaban J connectivity index is 0.000000199. The molecule has 0 atom stereocenters. The number of thioether (sulfide) groups is 2. The van der Waals surface area contributed by atoms with E-state index in [2.05, 4.69) is 101 Å².